The molecule has 4 aliphatic heterocycles. The highest BCUT2D eigenvalue weighted by Crippen LogP contribution is 2.30. The fourth-order valence-electron chi connectivity index (χ4n) is 7.19. The van der Waals surface area contributed by atoms with E-state index in [4.69, 9.17) is 29.9 Å². The highest BCUT2D eigenvalue weighted by Gasteiger charge is 2.42. The number of amides is 6. The number of fused-ring (bicyclic) bond motifs is 4. The average molecular weight is 1140 g/mol. The average Bonchev–Trinajstić information content (AvgIpc) is 4.18. The summed E-state index contributed by atoms with van der Waals surface area (Å²) in [6, 6.07) is 25.4. The number of hydrogen-bond donors (Lipinski definition) is 5. The molecular formula is C50H33N3O25S2. The number of aliphatic hydroxyl groups excluding tert-OH is 3. The van der Waals surface area contributed by atoms with Gasteiger partial charge >= 0.3 is 38.1 Å². The van der Waals surface area contributed by atoms with Crippen molar-refractivity contribution in [2.45, 2.75) is 29.6 Å². The van der Waals surface area contributed by atoms with Gasteiger partial charge < -0.3 is 34.6 Å². The molecule has 6 aromatic carbocycles. The maximum Gasteiger partial charge on any atom is 0.347 e. The van der Waals surface area contributed by atoms with Crippen LogP contribution in [0.15, 0.2) is 131 Å². The molecule has 410 valence electrons. The zero-order chi connectivity index (χ0) is 58.4. The van der Waals surface area contributed by atoms with Crippen LogP contribution in [0.5, 0.6) is 11.5 Å². The smallest absolute Gasteiger partial charge is 0.347 e. The second kappa shape index (κ2) is 23.7. The molecule has 6 aromatic rings. The summed E-state index contributed by atoms with van der Waals surface area (Å²) < 4.78 is 71.9. The number of benzene rings is 6. The van der Waals surface area contributed by atoms with Crippen molar-refractivity contribution in [1.82, 2.24) is 15.2 Å². The standard InChI is InChI=1S/C16H11NO8S.C16H13NO7S.C9H5NO5.C9H4O5/c18-8-9-1-4-11(5-2-9)26(23,24)25-17-14(19)12-6-3-10(16(21)22)7-13(12)15(17)20;18-8-10-1-4-12(5-2-10)25(22,23)24-17-15(20)13-6-3-11(9-19)7-14(13)16(17)21;11-4-15-5-1-2-6-7(3-5)9(13)10(14)8(6)12;10-4-13-5-1-2-6-7(3-5)9(12)14-8(6)11/h1-7,18H,8H2,(H,21,22);1-7,18-19H,8-9H2;1-4,14H;1-4H. The number of aliphatic hydroxyl groups is 3. The first-order valence-corrected chi connectivity index (χ1v) is 24.8. The Bertz CT molecular complexity index is 3840. The van der Waals surface area contributed by atoms with Crippen LogP contribution in [-0.4, -0.2) is 124 Å². The van der Waals surface area contributed by atoms with Gasteiger partial charge in [0, 0.05) is 0 Å². The molecule has 4 aliphatic rings. The number of rotatable bonds is 14. The monoisotopic (exact) mass is 1140 g/mol. The molecule has 0 aromatic heterocycles. The molecule has 5 N–H and O–H groups in total. The minimum Gasteiger partial charge on any atom is -0.478 e. The van der Waals surface area contributed by atoms with Crippen molar-refractivity contribution in [3.05, 3.63) is 188 Å². The number of aromatic carboxylic acids is 1. The Hall–Kier alpha value is -10.1. The number of carboxylic acid groups (broad SMARTS) is 1. The summed E-state index contributed by atoms with van der Waals surface area (Å²) in [6.07, 6.45) is 0. The van der Waals surface area contributed by atoms with Gasteiger partial charge in [-0.3, -0.25) is 43.6 Å². The van der Waals surface area contributed by atoms with E-state index < -0.39 is 73.6 Å². The van der Waals surface area contributed by atoms with E-state index in [1.54, 1.807) is 0 Å². The van der Waals surface area contributed by atoms with Gasteiger partial charge in [0.05, 0.1) is 79.7 Å². The van der Waals surface area contributed by atoms with Gasteiger partial charge in [-0.15, -0.1) is 23.8 Å². The number of carboxylic acids is 1. The predicted molar refractivity (Wildman–Crippen MR) is 256 cm³/mol. The number of cyclic esters (lactones) is 2. The zero-order valence-corrected chi connectivity index (χ0v) is 41.5. The van der Waals surface area contributed by atoms with E-state index in [2.05, 4.69) is 18.5 Å². The van der Waals surface area contributed by atoms with Crippen molar-refractivity contribution in [2.24, 2.45) is 0 Å². The van der Waals surface area contributed by atoms with Gasteiger partial charge in [-0.25, -0.2) is 14.4 Å². The van der Waals surface area contributed by atoms with Crippen LogP contribution in [-0.2, 0) is 63.0 Å². The Balaban J connectivity index is 0.000000159. The molecular weight excluding hydrogens is 1110 g/mol. The van der Waals surface area contributed by atoms with Gasteiger partial charge in [0.2, 0.25) is 0 Å². The van der Waals surface area contributed by atoms with E-state index in [0.717, 1.165) is 30.3 Å². The molecule has 0 unspecified atom stereocenters. The SMILES string of the molecule is O=C(O)c1ccc2c(c1)C(=O)N(OS(=O)(=O)c1ccc(CO)cc1)C2=O.O=C1c2ccc(CO)cc2C(=O)N1OS(=O)(=O)c1ccc(CO)cc1.O=COc1ccc2c(c1)C(=O)N(O)C2=O.O=COc1ccc2c(c1)C(=O)OC2=O. The molecule has 0 atom stereocenters. The Morgan fingerprint density at radius 2 is 0.812 bits per heavy atom. The molecule has 0 aliphatic carbocycles. The van der Waals surface area contributed by atoms with Gasteiger partial charge in [0.1, 0.15) is 11.5 Å². The highest BCUT2D eigenvalue weighted by atomic mass is 32.2. The van der Waals surface area contributed by atoms with E-state index >= 15 is 0 Å². The predicted octanol–water partition coefficient (Wildman–Crippen LogP) is 2.12. The van der Waals surface area contributed by atoms with Crippen molar-refractivity contribution in [2.75, 3.05) is 0 Å². The summed E-state index contributed by atoms with van der Waals surface area (Å²) in [5.41, 5.74) is 1.08. The van der Waals surface area contributed by atoms with Gasteiger partial charge in [0.15, 0.2) is 0 Å². The maximum absolute atomic E-state index is 12.3. The molecule has 80 heavy (non-hydrogen) atoms. The maximum atomic E-state index is 12.3. The van der Waals surface area contributed by atoms with Crippen LogP contribution in [0.4, 0.5) is 0 Å². The van der Waals surface area contributed by atoms with Gasteiger partial charge in [-0.1, -0.05) is 30.3 Å². The van der Waals surface area contributed by atoms with Crippen LogP contribution in [0.3, 0.4) is 0 Å². The van der Waals surface area contributed by atoms with Crippen LogP contribution in [0.25, 0.3) is 0 Å². The first kappa shape index (κ1) is 57.7. The molecule has 0 spiro atoms. The van der Waals surface area contributed by atoms with E-state index in [1.807, 2.05) is 0 Å². The van der Waals surface area contributed by atoms with E-state index in [0.29, 0.717) is 16.7 Å². The lowest BCUT2D eigenvalue weighted by atomic mass is 10.1. The summed E-state index contributed by atoms with van der Waals surface area (Å²) >= 11 is 0. The number of carbonyl (C=O) groups is 11. The lowest BCUT2D eigenvalue weighted by molar-refractivity contribution is -0.121. The molecule has 30 heteroatoms. The van der Waals surface area contributed by atoms with E-state index in [1.165, 1.54) is 91.0 Å². The van der Waals surface area contributed by atoms with Gasteiger partial charge in [-0.2, -0.15) is 16.8 Å². The second-order valence-corrected chi connectivity index (χ2v) is 19.1. The number of ether oxygens (including phenoxy) is 3. The molecule has 28 nitrogen and oxygen atoms in total. The number of hydroxylamine groups is 6. The number of hydrogen-bond acceptors (Lipinski definition) is 24. The van der Waals surface area contributed by atoms with Crippen LogP contribution in [0.1, 0.15) is 110 Å². The Morgan fingerprint density at radius 1 is 0.450 bits per heavy atom. The fourth-order valence-corrected chi connectivity index (χ4v) is 8.96. The first-order chi connectivity index (χ1) is 38.0. The molecule has 0 saturated heterocycles. The van der Waals surface area contributed by atoms with Crippen LogP contribution >= 0.6 is 0 Å². The fraction of sp³-hybridized carbons (Fsp3) is 0.0600. The van der Waals surface area contributed by atoms with Crippen molar-refractivity contribution in [3.63, 3.8) is 0 Å². The second-order valence-electron chi connectivity index (χ2n) is 16.0. The van der Waals surface area contributed by atoms with Crippen LogP contribution in [0, 0.1) is 0 Å². The quantitative estimate of drug-likeness (QED) is 0.0343. The Labute approximate surface area is 447 Å². The lowest BCUT2D eigenvalue weighted by Gasteiger charge is -2.13. The topological polar surface area (TPSA) is 413 Å². The minimum atomic E-state index is -4.49. The molecule has 0 saturated carbocycles. The van der Waals surface area contributed by atoms with Gasteiger partial charge in [0.25, 0.3) is 48.4 Å². The van der Waals surface area contributed by atoms with Crippen molar-refractivity contribution in [3.8, 4) is 11.5 Å². The van der Waals surface area contributed by atoms with Crippen LogP contribution < -0.4 is 9.47 Å². The largest absolute Gasteiger partial charge is 0.478 e. The Morgan fingerprint density at radius 3 is 1.27 bits per heavy atom. The minimum absolute atomic E-state index is 0.00646. The summed E-state index contributed by atoms with van der Waals surface area (Å²) in [6.45, 7) is -0.424. The van der Waals surface area contributed by atoms with Crippen molar-refractivity contribution in [1.29, 1.82) is 0 Å². The highest BCUT2D eigenvalue weighted by molar-refractivity contribution is 7.87. The zero-order valence-electron chi connectivity index (χ0n) is 39.9. The van der Waals surface area contributed by atoms with Crippen molar-refractivity contribution < 1.29 is 118 Å². The number of nitrogens with zero attached hydrogens (tertiary/aromatic N) is 3. The molecule has 6 amide bonds. The normalized spacial score (nSPS) is 13.9. The third-order valence-electron chi connectivity index (χ3n) is 11.1. The lowest BCUT2D eigenvalue weighted by Crippen LogP contribution is -2.32. The molecule has 0 fully saturated rings. The van der Waals surface area contributed by atoms with E-state index in [9.17, 15) is 69.6 Å². The molecule has 4 heterocycles. The van der Waals surface area contributed by atoms with E-state index in [-0.39, 0.29) is 119 Å². The summed E-state index contributed by atoms with van der Waals surface area (Å²) in [4.78, 5) is 124. The van der Waals surface area contributed by atoms with Crippen LogP contribution in [0.2, 0.25) is 0 Å². The third kappa shape index (κ3) is 11.9. The molecule has 10 rings (SSSR count). The molecule has 0 bridgehead atoms. The first-order valence-electron chi connectivity index (χ1n) is 22.0. The summed E-state index contributed by atoms with van der Waals surface area (Å²) in [5.74, 6) is -7.90. The number of imide groups is 3. The number of carbonyl (C=O) groups excluding carboxylic acids is 10. The van der Waals surface area contributed by atoms with Gasteiger partial charge in [-0.05, 0) is 108 Å². The molecule has 0 radical (unpaired) electrons. The summed E-state index contributed by atoms with van der Waals surface area (Å²) in [7, 11) is -8.91. The third-order valence-corrected chi connectivity index (χ3v) is 13.5. The summed E-state index contributed by atoms with van der Waals surface area (Å²) in [5, 5.41) is 45.3. The van der Waals surface area contributed by atoms with Crippen molar-refractivity contribution >= 4 is 86.5 Å². The number of esters is 2. The Kier molecular flexibility index (Phi) is 17.1.